The van der Waals surface area contributed by atoms with Crippen LogP contribution < -0.4 is 5.32 Å². The van der Waals surface area contributed by atoms with E-state index in [-0.39, 0.29) is 33.7 Å². The first-order chi connectivity index (χ1) is 16.3. The summed E-state index contributed by atoms with van der Waals surface area (Å²) in [5.41, 5.74) is 0.441. The van der Waals surface area contributed by atoms with Gasteiger partial charge in [0.25, 0.3) is 5.91 Å². The fraction of sp³-hybridized carbons (Fsp3) is 0.217. The summed E-state index contributed by atoms with van der Waals surface area (Å²) >= 11 is 1.03. The van der Waals surface area contributed by atoms with Crippen LogP contribution in [-0.2, 0) is 30.3 Å². The van der Waals surface area contributed by atoms with Gasteiger partial charge in [-0.3, -0.25) is 4.79 Å². The van der Waals surface area contributed by atoms with Gasteiger partial charge in [-0.15, -0.1) is 11.3 Å². The Hall–Kier alpha value is -3.83. The minimum atomic E-state index is -0.818. The van der Waals surface area contributed by atoms with Crippen LogP contribution in [0, 0.1) is 5.82 Å². The van der Waals surface area contributed by atoms with Gasteiger partial charge in [-0.25, -0.2) is 18.8 Å². The fourth-order valence-electron chi connectivity index (χ4n) is 3.18. The first-order valence-corrected chi connectivity index (χ1v) is 10.6. The molecule has 0 saturated carbocycles. The van der Waals surface area contributed by atoms with Crippen LogP contribution in [0.25, 0.3) is 10.1 Å². The van der Waals surface area contributed by atoms with Gasteiger partial charge in [0.15, 0.2) is 6.61 Å². The highest BCUT2D eigenvalue weighted by molar-refractivity contribution is 7.21. The van der Waals surface area contributed by atoms with Crippen LogP contribution in [-0.4, -0.2) is 51.8 Å². The summed E-state index contributed by atoms with van der Waals surface area (Å²) in [6.07, 6.45) is 0. The molecule has 11 heteroatoms. The molecular weight excluding hydrogens is 469 g/mol. The van der Waals surface area contributed by atoms with E-state index in [1.54, 1.807) is 6.07 Å². The van der Waals surface area contributed by atoms with E-state index in [0.717, 1.165) is 11.3 Å². The number of fused-ring (bicyclic) bond motifs is 1. The number of ether oxygens (including phenoxy) is 4. The molecule has 178 valence electrons. The van der Waals surface area contributed by atoms with Gasteiger partial charge < -0.3 is 24.3 Å². The number of anilines is 1. The van der Waals surface area contributed by atoms with Crippen LogP contribution in [0.1, 0.15) is 36.0 Å². The van der Waals surface area contributed by atoms with E-state index in [4.69, 9.17) is 9.47 Å². The summed E-state index contributed by atoms with van der Waals surface area (Å²) in [5.74, 6) is -3.50. The highest BCUT2D eigenvalue weighted by Gasteiger charge is 2.23. The number of thiophene rings is 1. The van der Waals surface area contributed by atoms with Crippen LogP contribution in [0.4, 0.5) is 10.1 Å². The van der Waals surface area contributed by atoms with Crippen LogP contribution in [0.5, 0.6) is 0 Å². The van der Waals surface area contributed by atoms with Crippen LogP contribution >= 0.6 is 11.3 Å². The number of amides is 1. The first kappa shape index (κ1) is 24.8. The number of carbonyl (C=O) groups excluding carboxylic acids is 4. The van der Waals surface area contributed by atoms with Crippen molar-refractivity contribution in [2.24, 2.45) is 0 Å². The Balaban J connectivity index is 1.76. The molecule has 1 heterocycles. The van der Waals surface area contributed by atoms with E-state index in [1.807, 2.05) is 0 Å². The van der Waals surface area contributed by atoms with E-state index in [2.05, 4.69) is 14.8 Å². The molecule has 1 N–H and O–H groups in total. The minimum Gasteiger partial charge on any atom is -0.465 e. The van der Waals surface area contributed by atoms with E-state index < -0.39 is 36.2 Å². The van der Waals surface area contributed by atoms with Crippen molar-refractivity contribution < 1.29 is 42.5 Å². The van der Waals surface area contributed by atoms with Gasteiger partial charge in [-0.2, -0.15) is 0 Å². The molecule has 3 aromatic rings. The Morgan fingerprint density at radius 2 is 1.59 bits per heavy atom. The van der Waals surface area contributed by atoms with E-state index in [0.29, 0.717) is 10.3 Å². The predicted octanol–water partition coefficient (Wildman–Crippen LogP) is 3.56. The zero-order valence-electron chi connectivity index (χ0n) is 18.4. The van der Waals surface area contributed by atoms with Crippen molar-refractivity contribution >= 4 is 50.9 Å². The summed E-state index contributed by atoms with van der Waals surface area (Å²) in [6.45, 7) is -0.688. The van der Waals surface area contributed by atoms with Gasteiger partial charge in [-0.05, 0) is 30.3 Å². The summed E-state index contributed by atoms with van der Waals surface area (Å²) in [7, 11) is 3.75. The summed E-state index contributed by atoms with van der Waals surface area (Å²) in [5, 5.41) is 2.71. The molecule has 1 aromatic heterocycles. The quantitative estimate of drug-likeness (QED) is 0.377. The number of nitrogens with one attached hydrogen (secondary N) is 1. The highest BCUT2D eigenvalue weighted by Crippen LogP contribution is 2.34. The third-order valence-electron chi connectivity index (χ3n) is 4.63. The second-order valence-corrected chi connectivity index (χ2v) is 7.91. The van der Waals surface area contributed by atoms with E-state index in [1.165, 1.54) is 51.7 Å². The van der Waals surface area contributed by atoms with Crippen molar-refractivity contribution in [2.45, 2.75) is 6.61 Å². The van der Waals surface area contributed by atoms with Crippen molar-refractivity contribution in [3.8, 4) is 0 Å². The molecule has 0 aliphatic carbocycles. The van der Waals surface area contributed by atoms with Gasteiger partial charge in [0.1, 0.15) is 10.7 Å². The monoisotopic (exact) mass is 489 g/mol. The molecule has 0 fully saturated rings. The molecule has 0 atom stereocenters. The maximum Gasteiger partial charge on any atom is 0.349 e. The standard InChI is InChI=1S/C23H20FNO8S/c1-30-10-15-19-16(24)5-4-6-17(19)34-20(15)23(29)33-11-18(26)25-14-8-12(21(27)31-2)7-13(9-14)22(28)32-3/h4-9H,10-11H2,1-3H3,(H,25,26). The number of halogens is 1. The lowest BCUT2D eigenvalue weighted by atomic mass is 10.1. The number of carbonyl (C=O) groups is 4. The maximum atomic E-state index is 14.3. The lowest BCUT2D eigenvalue weighted by Gasteiger charge is -2.10. The molecular formula is C23H20FNO8S. The zero-order chi connectivity index (χ0) is 24.8. The number of methoxy groups -OCH3 is 3. The number of rotatable bonds is 8. The number of benzene rings is 2. The Labute approximate surface area is 197 Å². The van der Waals surface area contributed by atoms with Crippen molar-refractivity contribution in [3.05, 3.63) is 63.8 Å². The molecule has 0 bridgehead atoms. The molecule has 2 aromatic carbocycles. The second kappa shape index (κ2) is 10.9. The SMILES string of the molecule is COCc1c(C(=O)OCC(=O)Nc2cc(C(=O)OC)cc(C(=O)OC)c2)sc2cccc(F)c12. The second-order valence-electron chi connectivity index (χ2n) is 6.86. The Morgan fingerprint density at radius 1 is 0.941 bits per heavy atom. The molecule has 34 heavy (non-hydrogen) atoms. The summed E-state index contributed by atoms with van der Waals surface area (Å²) < 4.78 is 34.4. The van der Waals surface area contributed by atoms with Gasteiger partial charge in [0.2, 0.25) is 0 Å². The highest BCUT2D eigenvalue weighted by atomic mass is 32.1. The molecule has 1 amide bonds. The molecule has 3 rings (SSSR count). The number of hydrogen-bond donors (Lipinski definition) is 1. The van der Waals surface area contributed by atoms with E-state index >= 15 is 0 Å². The Bertz CT molecular complexity index is 1240. The molecule has 0 saturated heterocycles. The van der Waals surface area contributed by atoms with Crippen LogP contribution in [0.3, 0.4) is 0 Å². The lowest BCUT2D eigenvalue weighted by Crippen LogP contribution is -2.21. The topological polar surface area (TPSA) is 117 Å². The van der Waals surface area contributed by atoms with Crippen molar-refractivity contribution in [1.82, 2.24) is 0 Å². The average molecular weight is 489 g/mol. The molecule has 0 radical (unpaired) electrons. The average Bonchev–Trinajstić information content (AvgIpc) is 3.21. The lowest BCUT2D eigenvalue weighted by molar-refractivity contribution is -0.119. The normalized spacial score (nSPS) is 10.6. The van der Waals surface area contributed by atoms with Gasteiger partial charge in [0.05, 0.1) is 32.0 Å². The van der Waals surface area contributed by atoms with Gasteiger partial charge in [0, 0.05) is 28.4 Å². The molecule has 0 aliphatic heterocycles. The molecule has 0 unspecified atom stereocenters. The largest absolute Gasteiger partial charge is 0.465 e. The number of hydrogen-bond acceptors (Lipinski definition) is 9. The Morgan fingerprint density at radius 3 is 2.18 bits per heavy atom. The zero-order valence-corrected chi connectivity index (χ0v) is 19.2. The molecule has 0 aliphatic rings. The van der Waals surface area contributed by atoms with Crippen molar-refractivity contribution in [1.29, 1.82) is 0 Å². The van der Waals surface area contributed by atoms with Crippen molar-refractivity contribution in [2.75, 3.05) is 33.3 Å². The maximum absolute atomic E-state index is 14.3. The smallest absolute Gasteiger partial charge is 0.349 e. The Kier molecular flexibility index (Phi) is 7.92. The van der Waals surface area contributed by atoms with E-state index in [9.17, 15) is 23.6 Å². The summed E-state index contributed by atoms with van der Waals surface area (Å²) in [6, 6.07) is 8.32. The van der Waals surface area contributed by atoms with Gasteiger partial charge >= 0.3 is 17.9 Å². The molecule has 0 spiro atoms. The third-order valence-corrected chi connectivity index (χ3v) is 5.81. The van der Waals surface area contributed by atoms with Crippen LogP contribution in [0.15, 0.2) is 36.4 Å². The fourth-order valence-corrected chi connectivity index (χ4v) is 4.29. The molecule has 9 nitrogen and oxygen atoms in total. The van der Waals surface area contributed by atoms with Crippen LogP contribution in [0.2, 0.25) is 0 Å². The first-order valence-electron chi connectivity index (χ1n) is 9.76. The number of esters is 3. The summed E-state index contributed by atoms with van der Waals surface area (Å²) in [4.78, 5) is 48.9. The third kappa shape index (κ3) is 5.38. The van der Waals surface area contributed by atoms with Crippen molar-refractivity contribution in [3.63, 3.8) is 0 Å². The minimum absolute atomic E-state index is 0.00852. The predicted molar refractivity (Wildman–Crippen MR) is 121 cm³/mol. The van der Waals surface area contributed by atoms with Gasteiger partial charge in [-0.1, -0.05) is 6.07 Å².